The molecule has 0 aromatic carbocycles. The highest BCUT2D eigenvalue weighted by Crippen LogP contribution is 2.02. The maximum absolute atomic E-state index is 3.93. The largest absolute Gasteiger partial charge is 0.201 e. The number of nitrogens with zero attached hydrogens (tertiary/aromatic N) is 1. The minimum atomic E-state index is 1.12. The summed E-state index contributed by atoms with van der Waals surface area (Å²) in [5.74, 6) is 0. The third-order valence-corrected chi connectivity index (χ3v) is 1.73. The lowest BCUT2D eigenvalue weighted by atomic mass is 10.4. The molecule has 0 saturated carbocycles. The van der Waals surface area contributed by atoms with E-state index >= 15 is 0 Å². The van der Waals surface area contributed by atoms with Crippen molar-refractivity contribution in [1.82, 2.24) is 4.37 Å². The summed E-state index contributed by atoms with van der Waals surface area (Å²) in [4.78, 5) is 1.36. The first-order valence-electron chi connectivity index (χ1n) is 2.33. The molecule has 0 unspecified atom stereocenters. The first-order valence-corrected chi connectivity index (χ1v) is 3.10. The van der Waals surface area contributed by atoms with E-state index in [0.29, 0.717) is 0 Å². The van der Waals surface area contributed by atoms with Gasteiger partial charge in [-0.1, -0.05) is 6.92 Å². The smallest absolute Gasteiger partial charge is 0.0409 e. The van der Waals surface area contributed by atoms with Gasteiger partial charge in [0.25, 0.3) is 0 Å². The molecule has 0 fully saturated rings. The highest BCUT2D eigenvalue weighted by Gasteiger charge is 1.84. The maximum Gasteiger partial charge on any atom is 0.0409 e. The summed E-state index contributed by atoms with van der Waals surface area (Å²) < 4.78 is 3.93. The summed E-state index contributed by atoms with van der Waals surface area (Å²) in [6, 6.07) is 2.05. The average molecular weight is 113 g/mol. The predicted molar refractivity (Wildman–Crippen MR) is 31.5 cm³/mol. The molecule has 0 saturated heterocycles. The van der Waals surface area contributed by atoms with Crippen molar-refractivity contribution in [3.63, 3.8) is 0 Å². The van der Waals surface area contributed by atoms with Crippen LogP contribution in [-0.4, -0.2) is 4.37 Å². The van der Waals surface area contributed by atoms with E-state index in [9.17, 15) is 0 Å². The lowest BCUT2D eigenvalue weighted by Crippen LogP contribution is -1.63. The van der Waals surface area contributed by atoms with Gasteiger partial charge >= 0.3 is 0 Å². The molecule has 1 heterocycles. The van der Waals surface area contributed by atoms with Gasteiger partial charge in [-0.25, -0.2) is 4.37 Å². The second kappa shape index (κ2) is 2.07. The van der Waals surface area contributed by atoms with E-state index in [1.54, 1.807) is 11.5 Å². The van der Waals surface area contributed by atoms with Crippen LogP contribution in [0, 0.1) is 0 Å². The van der Waals surface area contributed by atoms with Crippen LogP contribution in [-0.2, 0) is 6.42 Å². The number of hydrogen-bond acceptors (Lipinski definition) is 2. The lowest BCUT2D eigenvalue weighted by molar-refractivity contribution is 1.19. The van der Waals surface area contributed by atoms with Crippen molar-refractivity contribution < 1.29 is 0 Å². The van der Waals surface area contributed by atoms with Gasteiger partial charge in [0, 0.05) is 11.1 Å². The van der Waals surface area contributed by atoms with Crippen LogP contribution in [0.1, 0.15) is 11.8 Å². The maximum atomic E-state index is 3.93. The zero-order valence-corrected chi connectivity index (χ0v) is 5.03. The van der Waals surface area contributed by atoms with Crippen molar-refractivity contribution in [1.29, 1.82) is 0 Å². The van der Waals surface area contributed by atoms with Gasteiger partial charge in [-0.2, -0.15) is 0 Å². The van der Waals surface area contributed by atoms with Crippen molar-refractivity contribution in [2.75, 3.05) is 0 Å². The van der Waals surface area contributed by atoms with Crippen molar-refractivity contribution in [2.24, 2.45) is 0 Å². The van der Waals surface area contributed by atoms with Crippen molar-refractivity contribution in [2.45, 2.75) is 13.3 Å². The summed E-state index contributed by atoms with van der Waals surface area (Å²) >= 11 is 1.57. The zero-order chi connectivity index (χ0) is 5.11. The molecule has 7 heavy (non-hydrogen) atoms. The minimum absolute atomic E-state index is 1.12. The van der Waals surface area contributed by atoms with E-state index in [1.807, 2.05) is 12.3 Å². The summed E-state index contributed by atoms with van der Waals surface area (Å²) in [5, 5.41) is 0. The fourth-order valence-corrected chi connectivity index (χ4v) is 0.932. The van der Waals surface area contributed by atoms with E-state index < -0.39 is 0 Å². The Morgan fingerprint density at radius 1 is 1.86 bits per heavy atom. The molecule has 38 valence electrons. The van der Waals surface area contributed by atoms with E-state index in [4.69, 9.17) is 0 Å². The van der Waals surface area contributed by atoms with Crippen LogP contribution in [0.5, 0.6) is 0 Å². The molecule has 0 aliphatic carbocycles. The van der Waals surface area contributed by atoms with Gasteiger partial charge in [-0.15, -0.1) is 0 Å². The number of hydrogen-bond donors (Lipinski definition) is 0. The summed E-state index contributed by atoms with van der Waals surface area (Å²) in [7, 11) is 0. The van der Waals surface area contributed by atoms with Crippen molar-refractivity contribution in [3.8, 4) is 0 Å². The van der Waals surface area contributed by atoms with E-state index in [-0.39, 0.29) is 0 Å². The Morgan fingerprint density at radius 3 is 3.00 bits per heavy atom. The second-order valence-electron chi connectivity index (χ2n) is 1.33. The van der Waals surface area contributed by atoms with Crippen molar-refractivity contribution >= 4 is 11.5 Å². The van der Waals surface area contributed by atoms with Gasteiger partial charge in [0.1, 0.15) is 0 Å². The average Bonchev–Trinajstić information content (AvgIpc) is 2.14. The van der Waals surface area contributed by atoms with Gasteiger partial charge < -0.3 is 0 Å². The first kappa shape index (κ1) is 4.78. The van der Waals surface area contributed by atoms with Crippen LogP contribution < -0.4 is 0 Å². The summed E-state index contributed by atoms with van der Waals surface area (Å²) in [6.07, 6.45) is 2.95. The lowest BCUT2D eigenvalue weighted by Gasteiger charge is -1.76. The van der Waals surface area contributed by atoms with Gasteiger partial charge in [0.2, 0.25) is 0 Å². The molecule has 0 aliphatic heterocycles. The normalized spacial score (nSPS) is 9.29. The second-order valence-corrected chi connectivity index (χ2v) is 2.25. The van der Waals surface area contributed by atoms with E-state index in [1.165, 1.54) is 4.88 Å². The van der Waals surface area contributed by atoms with Crippen molar-refractivity contribution in [3.05, 3.63) is 17.1 Å². The Balaban J connectivity index is 2.76. The summed E-state index contributed by atoms with van der Waals surface area (Å²) in [6.45, 7) is 2.13. The Morgan fingerprint density at radius 2 is 2.71 bits per heavy atom. The van der Waals surface area contributed by atoms with Gasteiger partial charge in [-0.3, -0.25) is 0 Å². The number of rotatable bonds is 1. The van der Waals surface area contributed by atoms with Gasteiger partial charge in [0.05, 0.1) is 0 Å². The van der Waals surface area contributed by atoms with Crippen LogP contribution in [0.4, 0.5) is 0 Å². The Bertz CT molecular complexity index is 123. The number of aromatic nitrogens is 1. The Hall–Kier alpha value is -0.370. The van der Waals surface area contributed by atoms with Crippen LogP contribution in [0.3, 0.4) is 0 Å². The molecule has 0 amide bonds. The summed E-state index contributed by atoms with van der Waals surface area (Å²) in [5.41, 5.74) is 0. The quantitative estimate of drug-likeness (QED) is 0.540. The predicted octanol–water partition coefficient (Wildman–Crippen LogP) is 1.71. The fraction of sp³-hybridized carbons (Fsp3) is 0.400. The Labute approximate surface area is 47.2 Å². The number of aryl methyl sites for hydroxylation is 1. The van der Waals surface area contributed by atoms with E-state index in [0.717, 1.165) is 6.42 Å². The first-order chi connectivity index (χ1) is 3.43. The van der Waals surface area contributed by atoms with Crippen LogP contribution in [0.25, 0.3) is 0 Å². The molecule has 0 bridgehead atoms. The van der Waals surface area contributed by atoms with Crippen LogP contribution in [0.2, 0.25) is 0 Å². The molecule has 1 aromatic rings. The third-order valence-electron chi connectivity index (χ3n) is 0.840. The SMILES string of the molecule is CCc1ccns1. The Kier molecular flexibility index (Phi) is 1.42. The minimum Gasteiger partial charge on any atom is -0.201 e. The van der Waals surface area contributed by atoms with Crippen LogP contribution >= 0.6 is 11.5 Å². The van der Waals surface area contributed by atoms with Gasteiger partial charge in [0.15, 0.2) is 0 Å². The monoisotopic (exact) mass is 113 g/mol. The highest BCUT2D eigenvalue weighted by molar-refractivity contribution is 7.05. The molecular formula is C5H7NS. The molecule has 0 spiro atoms. The molecule has 0 aliphatic rings. The van der Waals surface area contributed by atoms with Gasteiger partial charge in [-0.05, 0) is 24.0 Å². The molecule has 1 nitrogen and oxygen atoms in total. The molecule has 0 N–H and O–H groups in total. The fourth-order valence-electron chi connectivity index (χ4n) is 0.425. The molecule has 1 aromatic heterocycles. The molecular weight excluding hydrogens is 106 g/mol. The zero-order valence-electron chi connectivity index (χ0n) is 4.22. The third kappa shape index (κ3) is 0.996. The van der Waals surface area contributed by atoms with Crippen LogP contribution in [0.15, 0.2) is 12.3 Å². The topological polar surface area (TPSA) is 12.9 Å². The van der Waals surface area contributed by atoms with E-state index in [2.05, 4.69) is 11.3 Å². The molecule has 0 radical (unpaired) electrons. The molecule has 0 atom stereocenters. The standard InChI is InChI=1S/C5H7NS/c1-2-5-3-4-6-7-5/h3-4H,2H2,1H3. The molecule has 2 heteroatoms. The molecule has 1 rings (SSSR count). The highest BCUT2D eigenvalue weighted by atomic mass is 32.1.